The summed E-state index contributed by atoms with van der Waals surface area (Å²) in [5.74, 6) is 0.300. The van der Waals surface area contributed by atoms with Gasteiger partial charge in [-0.2, -0.15) is 5.10 Å². The molecule has 0 saturated heterocycles. The quantitative estimate of drug-likeness (QED) is 0.669. The van der Waals surface area contributed by atoms with Crippen molar-refractivity contribution in [3.63, 3.8) is 0 Å². The smallest absolute Gasteiger partial charge is 0.252 e. The van der Waals surface area contributed by atoms with Gasteiger partial charge in [0.25, 0.3) is 5.91 Å². The number of pyridine rings is 1. The van der Waals surface area contributed by atoms with Crippen LogP contribution in [0.25, 0.3) is 10.9 Å². The second kappa shape index (κ2) is 5.00. The third-order valence-electron chi connectivity index (χ3n) is 3.08. The lowest BCUT2D eigenvalue weighted by Crippen LogP contribution is -2.23. The second-order valence-corrected chi connectivity index (χ2v) is 4.37. The Labute approximate surface area is 115 Å². The van der Waals surface area contributed by atoms with Crippen LogP contribution < -0.4 is 11.1 Å². The van der Waals surface area contributed by atoms with Crippen LogP contribution in [-0.4, -0.2) is 21.1 Å². The maximum absolute atomic E-state index is 12.3. The van der Waals surface area contributed by atoms with Crippen molar-refractivity contribution in [2.24, 2.45) is 0 Å². The molecule has 3 rings (SSSR count). The number of aromatic amines is 1. The Kier molecular flexibility index (Phi) is 3.04. The van der Waals surface area contributed by atoms with Crippen LogP contribution >= 0.6 is 0 Å². The number of H-pyrrole nitrogens is 1. The summed E-state index contributed by atoms with van der Waals surface area (Å²) < 4.78 is 0. The molecule has 0 fully saturated rings. The summed E-state index contributed by atoms with van der Waals surface area (Å²) in [6.45, 7) is 0.331. The summed E-state index contributed by atoms with van der Waals surface area (Å²) in [5, 5.41) is 10.1. The van der Waals surface area contributed by atoms with E-state index in [-0.39, 0.29) is 5.91 Å². The Morgan fingerprint density at radius 2 is 2.20 bits per heavy atom. The van der Waals surface area contributed by atoms with Gasteiger partial charge < -0.3 is 11.1 Å². The van der Waals surface area contributed by atoms with Crippen molar-refractivity contribution in [1.29, 1.82) is 0 Å². The SMILES string of the molecule is Nc1[nH]ncc1CNC(=O)c1cccc2ncccc12. The highest BCUT2D eigenvalue weighted by molar-refractivity contribution is 6.06. The number of hydrogen-bond donors (Lipinski definition) is 3. The first-order valence-corrected chi connectivity index (χ1v) is 6.15. The molecule has 0 unspecified atom stereocenters. The molecule has 1 aromatic carbocycles. The number of anilines is 1. The number of rotatable bonds is 3. The molecule has 0 saturated carbocycles. The number of nitrogen functional groups attached to an aromatic ring is 1. The molecule has 1 amide bonds. The fourth-order valence-corrected chi connectivity index (χ4v) is 2.03. The lowest BCUT2D eigenvalue weighted by molar-refractivity contribution is 0.0952. The number of carbonyl (C=O) groups is 1. The van der Waals surface area contributed by atoms with Crippen molar-refractivity contribution < 1.29 is 4.79 Å². The van der Waals surface area contributed by atoms with Gasteiger partial charge in [-0.1, -0.05) is 12.1 Å². The van der Waals surface area contributed by atoms with E-state index in [9.17, 15) is 4.79 Å². The molecule has 20 heavy (non-hydrogen) atoms. The normalized spacial score (nSPS) is 10.6. The first-order chi connectivity index (χ1) is 9.75. The molecular weight excluding hydrogens is 254 g/mol. The van der Waals surface area contributed by atoms with Crippen molar-refractivity contribution in [1.82, 2.24) is 20.5 Å². The van der Waals surface area contributed by atoms with Crippen molar-refractivity contribution >= 4 is 22.6 Å². The summed E-state index contributed by atoms with van der Waals surface area (Å²) in [6.07, 6.45) is 3.30. The van der Waals surface area contributed by atoms with Gasteiger partial charge in [-0.3, -0.25) is 14.9 Å². The number of nitrogens with one attached hydrogen (secondary N) is 2. The molecule has 2 aromatic heterocycles. The Morgan fingerprint density at radius 1 is 1.30 bits per heavy atom. The summed E-state index contributed by atoms with van der Waals surface area (Å²) in [7, 11) is 0. The molecule has 0 atom stereocenters. The molecule has 6 heteroatoms. The molecule has 0 bridgehead atoms. The van der Waals surface area contributed by atoms with Crippen molar-refractivity contribution in [3.05, 3.63) is 53.9 Å². The number of nitrogens with two attached hydrogens (primary N) is 1. The van der Waals surface area contributed by atoms with Crippen molar-refractivity contribution in [2.45, 2.75) is 6.54 Å². The topological polar surface area (TPSA) is 96.7 Å². The number of aromatic nitrogens is 3. The number of hydrogen-bond acceptors (Lipinski definition) is 4. The lowest BCUT2D eigenvalue weighted by Gasteiger charge is -2.07. The van der Waals surface area contributed by atoms with E-state index in [4.69, 9.17) is 5.73 Å². The zero-order valence-corrected chi connectivity index (χ0v) is 10.6. The number of fused-ring (bicyclic) bond motifs is 1. The van der Waals surface area contributed by atoms with Crippen molar-refractivity contribution in [3.8, 4) is 0 Å². The fourth-order valence-electron chi connectivity index (χ4n) is 2.03. The van der Waals surface area contributed by atoms with Gasteiger partial charge >= 0.3 is 0 Å². The zero-order valence-electron chi connectivity index (χ0n) is 10.6. The van der Waals surface area contributed by atoms with Gasteiger partial charge in [0, 0.05) is 29.3 Å². The predicted octanol–water partition coefficient (Wildman–Crippen LogP) is 1.47. The van der Waals surface area contributed by atoms with Crippen LogP contribution in [0.2, 0.25) is 0 Å². The molecule has 3 aromatic rings. The highest BCUT2D eigenvalue weighted by Crippen LogP contribution is 2.16. The monoisotopic (exact) mass is 267 g/mol. The van der Waals surface area contributed by atoms with E-state index < -0.39 is 0 Å². The van der Waals surface area contributed by atoms with Gasteiger partial charge in [0.1, 0.15) is 5.82 Å². The molecule has 0 aliphatic rings. The molecule has 0 spiro atoms. The van der Waals surface area contributed by atoms with Crippen molar-refractivity contribution in [2.75, 3.05) is 5.73 Å². The van der Waals surface area contributed by atoms with E-state index in [1.165, 1.54) is 0 Å². The lowest BCUT2D eigenvalue weighted by atomic mass is 10.1. The van der Waals surface area contributed by atoms with Gasteiger partial charge in [-0.15, -0.1) is 0 Å². The van der Waals surface area contributed by atoms with Gasteiger partial charge in [0.05, 0.1) is 11.7 Å². The van der Waals surface area contributed by atoms with Crippen LogP contribution in [0.1, 0.15) is 15.9 Å². The first-order valence-electron chi connectivity index (χ1n) is 6.15. The Balaban J connectivity index is 1.84. The molecule has 100 valence electrons. The third kappa shape index (κ3) is 2.18. The molecule has 4 N–H and O–H groups in total. The highest BCUT2D eigenvalue weighted by Gasteiger charge is 2.10. The number of benzene rings is 1. The molecular formula is C14H13N5O. The molecule has 2 heterocycles. The average molecular weight is 267 g/mol. The zero-order chi connectivity index (χ0) is 13.9. The number of amides is 1. The van der Waals surface area contributed by atoms with E-state index in [0.717, 1.165) is 16.5 Å². The van der Waals surface area contributed by atoms with Crippen LogP contribution in [-0.2, 0) is 6.54 Å². The highest BCUT2D eigenvalue weighted by atomic mass is 16.1. The molecule has 0 radical (unpaired) electrons. The van der Waals surface area contributed by atoms with Gasteiger partial charge in [-0.05, 0) is 18.2 Å². The minimum atomic E-state index is -0.163. The van der Waals surface area contributed by atoms with E-state index in [1.54, 1.807) is 18.5 Å². The molecule has 6 nitrogen and oxygen atoms in total. The summed E-state index contributed by atoms with van der Waals surface area (Å²) >= 11 is 0. The minimum absolute atomic E-state index is 0.163. The van der Waals surface area contributed by atoms with Gasteiger partial charge in [-0.25, -0.2) is 0 Å². The average Bonchev–Trinajstić information content (AvgIpc) is 2.89. The van der Waals surface area contributed by atoms with E-state index in [2.05, 4.69) is 20.5 Å². The van der Waals surface area contributed by atoms with Crippen LogP contribution in [0.15, 0.2) is 42.7 Å². The first kappa shape index (κ1) is 12.2. The van der Waals surface area contributed by atoms with Crippen LogP contribution in [0.4, 0.5) is 5.82 Å². The molecule has 0 aliphatic heterocycles. The molecule has 0 aliphatic carbocycles. The van der Waals surface area contributed by atoms with Gasteiger partial charge in [0.15, 0.2) is 0 Å². The standard InChI is InChI=1S/C14H13N5O/c15-13-9(8-18-19-13)7-17-14(20)11-3-1-5-12-10(11)4-2-6-16-12/h1-6,8H,7H2,(H,17,20)(H3,15,18,19). The van der Waals surface area contributed by atoms with E-state index in [0.29, 0.717) is 17.9 Å². The van der Waals surface area contributed by atoms with E-state index in [1.807, 2.05) is 24.3 Å². The maximum Gasteiger partial charge on any atom is 0.252 e. The largest absolute Gasteiger partial charge is 0.384 e. The van der Waals surface area contributed by atoms with E-state index >= 15 is 0 Å². The summed E-state index contributed by atoms with van der Waals surface area (Å²) in [5.41, 5.74) is 7.83. The van der Waals surface area contributed by atoms with Gasteiger partial charge in [0.2, 0.25) is 0 Å². The minimum Gasteiger partial charge on any atom is -0.384 e. The van der Waals surface area contributed by atoms with Crippen LogP contribution in [0.3, 0.4) is 0 Å². The van der Waals surface area contributed by atoms with Crippen LogP contribution in [0, 0.1) is 0 Å². The Morgan fingerprint density at radius 3 is 3.00 bits per heavy atom. The summed E-state index contributed by atoms with van der Waals surface area (Å²) in [4.78, 5) is 16.5. The third-order valence-corrected chi connectivity index (χ3v) is 3.08. The number of nitrogens with zero attached hydrogens (tertiary/aromatic N) is 2. The summed E-state index contributed by atoms with van der Waals surface area (Å²) in [6, 6.07) is 9.16. The number of carbonyl (C=O) groups excluding carboxylic acids is 1. The Hall–Kier alpha value is -2.89. The van der Waals surface area contributed by atoms with Crippen LogP contribution in [0.5, 0.6) is 0 Å². The Bertz CT molecular complexity index is 760. The fraction of sp³-hybridized carbons (Fsp3) is 0.0714. The predicted molar refractivity (Wildman–Crippen MR) is 75.9 cm³/mol. The second-order valence-electron chi connectivity index (χ2n) is 4.37. The maximum atomic E-state index is 12.3.